The number of carbonyl (C=O) groups is 1. The average Bonchev–Trinajstić information content (AvgIpc) is 2.38. The van der Waals surface area contributed by atoms with Crippen molar-refractivity contribution in [2.24, 2.45) is 0 Å². The third-order valence-electron chi connectivity index (χ3n) is 2.26. The minimum atomic E-state index is -4.29. The van der Waals surface area contributed by atoms with Crippen molar-refractivity contribution in [1.29, 1.82) is 0 Å². The summed E-state index contributed by atoms with van der Waals surface area (Å²) >= 11 is 5.72. The Balaban J connectivity index is 2.79. The van der Waals surface area contributed by atoms with Gasteiger partial charge in [0.1, 0.15) is 5.82 Å². The molecule has 1 aromatic rings. The fourth-order valence-corrected chi connectivity index (χ4v) is 1.45. The van der Waals surface area contributed by atoms with Crippen molar-refractivity contribution >= 4 is 23.3 Å². The van der Waals surface area contributed by atoms with Crippen LogP contribution in [0.25, 0.3) is 0 Å². The molecule has 0 aliphatic heterocycles. The molecule has 4 nitrogen and oxygen atoms in total. The summed E-state index contributed by atoms with van der Waals surface area (Å²) < 4.78 is 49.3. The summed E-state index contributed by atoms with van der Waals surface area (Å²) in [4.78, 5) is 15.5. The quantitative estimate of drug-likeness (QED) is 0.794. The van der Waals surface area contributed by atoms with Gasteiger partial charge in [0.15, 0.2) is 0 Å². The molecule has 112 valence electrons. The summed E-state index contributed by atoms with van der Waals surface area (Å²) in [5.74, 6) is -4.95. The zero-order valence-electron chi connectivity index (χ0n) is 10.4. The van der Waals surface area contributed by atoms with E-state index in [9.17, 15) is 22.4 Å². The van der Waals surface area contributed by atoms with Crippen LogP contribution in [-0.2, 0) is 0 Å². The molecule has 0 saturated heterocycles. The first-order chi connectivity index (χ1) is 9.27. The molecule has 0 fully saturated rings. The molecule has 1 rings (SSSR count). The average molecular weight is 314 g/mol. The zero-order chi connectivity index (χ0) is 15.3. The predicted molar refractivity (Wildman–Crippen MR) is 66.7 cm³/mol. The maximum absolute atomic E-state index is 12.7. The van der Waals surface area contributed by atoms with Crippen molar-refractivity contribution in [3.8, 4) is 0 Å². The van der Waals surface area contributed by atoms with Crippen LogP contribution in [0.5, 0.6) is 0 Å². The summed E-state index contributed by atoms with van der Waals surface area (Å²) in [6, 6.07) is 1.25. The topological polar surface area (TPSA) is 54.0 Å². The lowest BCUT2D eigenvalue weighted by molar-refractivity contribution is -0.123. The van der Waals surface area contributed by atoms with E-state index in [0.717, 1.165) is 0 Å². The van der Waals surface area contributed by atoms with Gasteiger partial charge in [-0.1, -0.05) is 11.6 Å². The summed E-state index contributed by atoms with van der Waals surface area (Å²) in [6.45, 7) is 0.844. The van der Waals surface area contributed by atoms with Gasteiger partial charge in [-0.2, -0.15) is 8.78 Å². The van der Waals surface area contributed by atoms with Gasteiger partial charge in [-0.15, -0.1) is 0 Å². The second-order valence-corrected chi connectivity index (χ2v) is 4.23. The van der Waals surface area contributed by atoms with Gasteiger partial charge >= 0.3 is 12.3 Å². The fraction of sp³-hybridized carbons (Fsp3) is 0.455. The van der Waals surface area contributed by atoms with Gasteiger partial charge < -0.3 is 10.6 Å². The molecule has 9 heteroatoms. The van der Waals surface area contributed by atoms with E-state index in [1.165, 1.54) is 12.3 Å². The summed E-state index contributed by atoms with van der Waals surface area (Å²) in [5.41, 5.74) is -0.123. The minimum Gasteiger partial charge on any atom is -0.370 e. The van der Waals surface area contributed by atoms with E-state index in [0.29, 0.717) is 12.4 Å². The van der Waals surface area contributed by atoms with Crippen LogP contribution in [0.3, 0.4) is 0 Å². The fourth-order valence-electron chi connectivity index (χ4n) is 1.26. The van der Waals surface area contributed by atoms with Crippen LogP contribution >= 0.6 is 11.6 Å². The largest absolute Gasteiger partial charge is 0.370 e. The Hall–Kier alpha value is -1.57. The highest BCUT2D eigenvalue weighted by Crippen LogP contribution is 2.22. The van der Waals surface area contributed by atoms with E-state index in [-0.39, 0.29) is 10.6 Å². The highest BCUT2D eigenvalue weighted by atomic mass is 35.5. The highest BCUT2D eigenvalue weighted by Gasteiger charge is 2.40. The van der Waals surface area contributed by atoms with Gasteiger partial charge in [-0.05, 0) is 13.0 Å². The molecule has 0 atom stereocenters. The van der Waals surface area contributed by atoms with Gasteiger partial charge in [0.25, 0.3) is 5.91 Å². The van der Waals surface area contributed by atoms with E-state index < -0.39 is 24.8 Å². The molecule has 0 saturated carbocycles. The normalized spacial score (nSPS) is 11.6. The van der Waals surface area contributed by atoms with Crippen LogP contribution in [0.2, 0.25) is 5.02 Å². The number of anilines is 1. The van der Waals surface area contributed by atoms with Crippen LogP contribution in [0.15, 0.2) is 12.3 Å². The molecule has 20 heavy (non-hydrogen) atoms. The molecule has 0 bridgehead atoms. The lowest BCUT2D eigenvalue weighted by Crippen LogP contribution is -2.41. The van der Waals surface area contributed by atoms with Crippen molar-refractivity contribution in [1.82, 2.24) is 10.3 Å². The monoisotopic (exact) mass is 313 g/mol. The summed E-state index contributed by atoms with van der Waals surface area (Å²) in [6.07, 6.45) is -2.69. The second kappa shape index (κ2) is 6.74. The standard InChI is InChI=1S/C11H12ClF4N3O/c1-2-17-8-3-6(7(12)4-18-8)9(20)19-5-11(15,16)10(13)14/h3-4,10H,2,5H2,1H3,(H,17,18)(H,19,20). The van der Waals surface area contributed by atoms with E-state index in [1.54, 1.807) is 12.2 Å². The van der Waals surface area contributed by atoms with Crippen LogP contribution < -0.4 is 10.6 Å². The van der Waals surface area contributed by atoms with Crippen LogP contribution in [0.1, 0.15) is 17.3 Å². The SMILES string of the molecule is CCNc1cc(C(=O)NCC(F)(F)C(F)F)c(Cl)cn1. The second-order valence-electron chi connectivity index (χ2n) is 3.82. The molecule has 0 aromatic carbocycles. The van der Waals surface area contributed by atoms with Crippen molar-refractivity contribution in [2.75, 3.05) is 18.4 Å². The number of nitrogens with zero attached hydrogens (tertiary/aromatic N) is 1. The molecule has 2 N–H and O–H groups in total. The zero-order valence-corrected chi connectivity index (χ0v) is 11.1. The van der Waals surface area contributed by atoms with Crippen molar-refractivity contribution in [3.63, 3.8) is 0 Å². The summed E-state index contributed by atoms with van der Waals surface area (Å²) in [5, 5.41) is 4.46. The first-order valence-electron chi connectivity index (χ1n) is 5.61. The predicted octanol–water partition coefficient (Wildman–Crippen LogP) is 2.80. The number of rotatable bonds is 6. The van der Waals surface area contributed by atoms with E-state index in [1.807, 2.05) is 0 Å². The Morgan fingerprint density at radius 1 is 1.50 bits per heavy atom. The van der Waals surface area contributed by atoms with Gasteiger partial charge in [0, 0.05) is 12.7 Å². The number of halogens is 5. The number of hydrogen-bond acceptors (Lipinski definition) is 3. The Kier molecular flexibility index (Phi) is 5.55. The van der Waals surface area contributed by atoms with E-state index >= 15 is 0 Å². The van der Waals surface area contributed by atoms with Gasteiger partial charge in [-0.25, -0.2) is 13.8 Å². The highest BCUT2D eigenvalue weighted by molar-refractivity contribution is 6.33. The van der Waals surface area contributed by atoms with Crippen molar-refractivity contribution in [2.45, 2.75) is 19.3 Å². The molecule has 1 aromatic heterocycles. The first kappa shape index (κ1) is 16.5. The van der Waals surface area contributed by atoms with Crippen LogP contribution in [0.4, 0.5) is 23.4 Å². The van der Waals surface area contributed by atoms with E-state index in [4.69, 9.17) is 11.6 Å². The molecular weight excluding hydrogens is 302 g/mol. The molecular formula is C11H12ClF4N3O. The number of pyridine rings is 1. The number of amides is 1. The lowest BCUT2D eigenvalue weighted by Gasteiger charge is -2.16. The third kappa shape index (κ3) is 4.22. The Morgan fingerprint density at radius 2 is 2.15 bits per heavy atom. The van der Waals surface area contributed by atoms with Crippen LogP contribution in [-0.4, -0.2) is 36.3 Å². The maximum Gasteiger partial charge on any atom is 0.324 e. The third-order valence-corrected chi connectivity index (χ3v) is 2.56. The number of alkyl halides is 4. The Labute approximate surface area is 117 Å². The summed E-state index contributed by atoms with van der Waals surface area (Å²) in [7, 11) is 0. The number of nitrogens with one attached hydrogen (secondary N) is 2. The molecule has 1 amide bonds. The first-order valence-corrected chi connectivity index (χ1v) is 5.99. The minimum absolute atomic E-state index is 0.0653. The van der Waals surface area contributed by atoms with Gasteiger partial charge in [0.05, 0.1) is 17.1 Å². The van der Waals surface area contributed by atoms with Crippen LogP contribution in [0, 0.1) is 0 Å². The van der Waals surface area contributed by atoms with Crippen molar-refractivity contribution in [3.05, 3.63) is 22.8 Å². The lowest BCUT2D eigenvalue weighted by atomic mass is 10.2. The molecule has 0 radical (unpaired) electrons. The Bertz CT molecular complexity index is 485. The molecule has 0 unspecified atom stereocenters. The molecule has 0 aliphatic rings. The smallest absolute Gasteiger partial charge is 0.324 e. The van der Waals surface area contributed by atoms with E-state index in [2.05, 4.69) is 10.3 Å². The van der Waals surface area contributed by atoms with Gasteiger partial charge in [0.2, 0.25) is 0 Å². The molecule has 1 heterocycles. The van der Waals surface area contributed by atoms with Crippen molar-refractivity contribution < 1.29 is 22.4 Å². The number of hydrogen-bond donors (Lipinski definition) is 2. The number of carbonyl (C=O) groups excluding carboxylic acids is 1. The number of aromatic nitrogens is 1. The molecule has 0 spiro atoms. The molecule has 0 aliphatic carbocycles. The van der Waals surface area contributed by atoms with Gasteiger partial charge in [-0.3, -0.25) is 4.79 Å². The Morgan fingerprint density at radius 3 is 2.70 bits per heavy atom. The maximum atomic E-state index is 12.7.